The Hall–Kier alpha value is -2.37. The summed E-state index contributed by atoms with van der Waals surface area (Å²) in [6.07, 6.45) is 5.35. The van der Waals surface area contributed by atoms with Crippen LogP contribution < -0.4 is 5.76 Å². The molecule has 6 nitrogen and oxygen atoms in total. The maximum Gasteiger partial charge on any atom is 0.434 e. The number of aromatic amines is 1. The Morgan fingerprint density at radius 2 is 2.33 bits per heavy atom. The molecule has 0 aliphatic rings. The van der Waals surface area contributed by atoms with E-state index in [1.165, 1.54) is 0 Å². The van der Waals surface area contributed by atoms with Gasteiger partial charge in [-0.1, -0.05) is 0 Å². The third-order valence-electron chi connectivity index (χ3n) is 2.08. The van der Waals surface area contributed by atoms with E-state index in [0.29, 0.717) is 5.56 Å². The number of hydrogen-bond acceptors (Lipinski definition) is 4. The summed E-state index contributed by atoms with van der Waals surface area (Å²) < 4.78 is 6.69. The molecule has 3 heterocycles. The number of rotatable bonds is 1. The van der Waals surface area contributed by atoms with Crippen molar-refractivity contribution in [3.8, 4) is 11.5 Å². The quantitative estimate of drug-likeness (QED) is 0.629. The molecule has 3 aromatic rings. The van der Waals surface area contributed by atoms with E-state index in [2.05, 4.69) is 15.2 Å². The first-order chi connectivity index (χ1) is 7.33. The molecule has 0 unspecified atom stereocenters. The second-order valence-electron chi connectivity index (χ2n) is 3.03. The van der Waals surface area contributed by atoms with Gasteiger partial charge < -0.3 is 8.82 Å². The van der Waals surface area contributed by atoms with Gasteiger partial charge in [-0.15, -0.1) is 5.10 Å². The van der Waals surface area contributed by atoms with Gasteiger partial charge in [-0.2, -0.15) is 0 Å². The minimum atomic E-state index is -0.562. The Labute approximate surface area is 83.2 Å². The summed E-state index contributed by atoms with van der Waals surface area (Å²) in [5, 5.41) is 5.95. The number of H-pyrrole nitrogens is 1. The summed E-state index contributed by atoms with van der Waals surface area (Å²) in [5.41, 5.74) is 1.49. The van der Waals surface area contributed by atoms with E-state index in [0.717, 1.165) is 5.65 Å². The minimum absolute atomic E-state index is 0.269. The molecule has 0 amide bonds. The van der Waals surface area contributed by atoms with E-state index in [-0.39, 0.29) is 5.89 Å². The first kappa shape index (κ1) is 7.98. The number of aromatic nitrogens is 4. The highest BCUT2D eigenvalue weighted by molar-refractivity contribution is 5.59. The highest BCUT2D eigenvalue weighted by Gasteiger charge is 2.05. The fourth-order valence-electron chi connectivity index (χ4n) is 1.40. The molecule has 0 saturated heterocycles. The largest absolute Gasteiger partial charge is 0.434 e. The van der Waals surface area contributed by atoms with Crippen molar-refractivity contribution in [1.82, 2.24) is 19.6 Å². The fourth-order valence-corrected chi connectivity index (χ4v) is 1.40. The summed E-state index contributed by atoms with van der Waals surface area (Å²) in [4.78, 5) is 14.9. The van der Waals surface area contributed by atoms with Crippen molar-refractivity contribution in [1.29, 1.82) is 0 Å². The molecule has 0 spiro atoms. The molecular formula is C9H6N4O2. The SMILES string of the molecule is O=c1[nH]nc(-c2ccn3ccnc3c2)o1. The number of fused-ring (bicyclic) bond motifs is 1. The van der Waals surface area contributed by atoms with Gasteiger partial charge in [0.1, 0.15) is 5.65 Å². The Bertz CT molecular complexity index is 664. The topological polar surface area (TPSA) is 76.2 Å². The molecule has 15 heavy (non-hydrogen) atoms. The van der Waals surface area contributed by atoms with Crippen molar-refractivity contribution in [3.63, 3.8) is 0 Å². The predicted octanol–water partition coefficient (Wildman–Crippen LogP) is 0.678. The molecule has 0 radical (unpaired) electrons. The predicted molar refractivity (Wildman–Crippen MR) is 51.3 cm³/mol. The van der Waals surface area contributed by atoms with E-state index in [4.69, 9.17) is 4.42 Å². The van der Waals surface area contributed by atoms with Crippen LogP contribution in [0.3, 0.4) is 0 Å². The van der Waals surface area contributed by atoms with Crippen LogP contribution in [0.1, 0.15) is 0 Å². The van der Waals surface area contributed by atoms with Gasteiger partial charge in [-0.3, -0.25) is 0 Å². The molecular weight excluding hydrogens is 196 g/mol. The van der Waals surface area contributed by atoms with Crippen LogP contribution in [0.15, 0.2) is 39.9 Å². The number of hydrogen-bond donors (Lipinski definition) is 1. The zero-order chi connectivity index (χ0) is 10.3. The van der Waals surface area contributed by atoms with Gasteiger partial charge in [0.2, 0.25) is 5.89 Å². The second-order valence-corrected chi connectivity index (χ2v) is 3.03. The third kappa shape index (κ3) is 1.23. The van der Waals surface area contributed by atoms with Gasteiger partial charge >= 0.3 is 5.76 Å². The summed E-state index contributed by atoms with van der Waals surface area (Å²) in [5.74, 6) is -0.293. The van der Waals surface area contributed by atoms with Gasteiger partial charge in [0.25, 0.3) is 0 Å². The molecule has 0 atom stereocenters. The molecule has 1 N–H and O–H groups in total. The molecule has 0 aliphatic carbocycles. The molecule has 0 bridgehead atoms. The normalized spacial score (nSPS) is 10.9. The van der Waals surface area contributed by atoms with Crippen molar-refractivity contribution in [2.45, 2.75) is 0 Å². The molecule has 0 aliphatic heterocycles. The summed E-state index contributed by atoms with van der Waals surface area (Å²) in [7, 11) is 0. The first-order valence-corrected chi connectivity index (χ1v) is 4.31. The third-order valence-corrected chi connectivity index (χ3v) is 2.08. The van der Waals surface area contributed by atoms with Gasteiger partial charge in [0.15, 0.2) is 0 Å². The maximum atomic E-state index is 10.8. The lowest BCUT2D eigenvalue weighted by Gasteiger charge is -1.95. The van der Waals surface area contributed by atoms with Crippen molar-refractivity contribution in [3.05, 3.63) is 41.3 Å². The van der Waals surface area contributed by atoms with E-state index in [1.807, 2.05) is 16.8 Å². The van der Waals surface area contributed by atoms with Gasteiger partial charge in [0.05, 0.1) is 0 Å². The van der Waals surface area contributed by atoms with Crippen LogP contribution in [0, 0.1) is 0 Å². The smallest absolute Gasteiger partial charge is 0.388 e. The maximum absolute atomic E-state index is 10.8. The lowest BCUT2D eigenvalue weighted by Crippen LogP contribution is -1.93. The monoisotopic (exact) mass is 202 g/mol. The summed E-state index contributed by atoms with van der Waals surface area (Å²) in [6, 6.07) is 3.59. The highest BCUT2D eigenvalue weighted by atomic mass is 16.4. The van der Waals surface area contributed by atoms with Crippen molar-refractivity contribution < 1.29 is 4.42 Å². The Morgan fingerprint density at radius 1 is 1.40 bits per heavy atom. The van der Waals surface area contributed by atoms with Crippen LogP contribution in [-0.4, -0.2) is 19.6 Å². The van der Waals surface area contributed by atoms with Crippen molar-refractivity contribution in [2.24, 2.45) is 0 Å². The van der Waals surface area contributed by atoms with Crippen LogP contribution >= 0.6 is 0 Å². The highest BCUT2D eigenvalue weighted by Crippen LogP contribution is 2.15. The molecule has 3 aromatic heterocycles. The Morgan fingerprint density at radius 3 is 3.13 bits per heavy atom. The van der Waals surface area contributed by atoms with Crippen LogP contribution in [0.4, 0.5) is 0 Å². The van der Waals surface area contributed by atoms with Gasteiger partial charge in [-0.25, -0.2) is 14.9 Å². The van der Waals surface area contributed by atoms with Crippen LogP contribution in [0.25, 0.3) is 17.1 Å². The number of nitrogens with one attached hydrogen (secondary N) is 1. The zero-order valence-corrected chi connectivity index (χ0v) is 7.54. The number of imidazole rings is 1. The molecule has 0 saturated carbocycles. The lowest BCUT2D eigenvalue weighted by atomic mass is 10.2. The zero-order valence-electron chi connectivity index (χ0n) is 7.54. The standard InChI is InChI=1S/C9H6N4O2/c14-9-12-11-8(15-9)6-1-3-13-4-2-10-7(13)5-6/h1-5H,(H,12,14). The van der Waals surface area contributed by atoms with Crippen molar-refractivity contribution >= 4 is 5.65 Å². The lowest BCUT2D eigenvalue weighted by molar-refractivity contribution is 0.527. The molecule has 0 aromatic carbocycles. The molecule has 0 fully saturated rings. The molecule has 74 valence electrons. The minimum Gasteiger partial charge on any atom is -0.388 e. The van der Waals surface area contributed by atoms with Gasteiger partial charge in [-0.05, 0) is 12.1 Å². The van der Waals surface area contributed by atoms with Gasteiger partial charge in [0, 0.05) is 24.2 Å². The Balaban J connectivity index is 2.22. The number of nitrogens with zero attached hydrogens (tertiary/aromatic N) is 3. The van der Waals surface area contributed by atoms with Crippen LogP contribution in [-0.2, 0) is 0 Å². The Kier molecular flexibility index (Phi) is 1.49. The fraction of sp³-hybridized carbons (Fsp3) is 0. The second kappa shape index (κ2) is 2.81. The van der Waals surface area contributed by atoms with E-state index in [1.54, 1.807) is 18.3 Å². The average molecular weight is 202 g/mol. The van der Waals surface area contributed by atoms with Crippen molar-refractivity contribution in [2.75, 3.05) is 0 Å². The summed E-state index contributed by atoms with van der Waals surface area (Å²) >= 11 is 0. The van der Waals surface area contributed by atoms with E-state index in [9.17, 15) is 4.79 Å². The molecule has 3 rings (SSSR count). The number of pyridine rings is 1. The average Bonchev–Trinajstić information content (AvgIpc) is 2.84. The summed E-state index contributed by atoms with van der Waals surface area (Å²) in [6.45, 7) is 0. The molecule has 6 heteroatoms. The van der Waals surface area contributed by atoms with Crippen LogP contribution in [0.5, 0.6) is 0 Å². The van der Waals surface area contributed by atoms with E-state index >= 15 is 0 Å². The van der Waals surface area contributed by atoms with E-state index < -0.39 is 5.76 Å². The van der Waals surface area contributed by atoms with Crippen LogP contribution in [0.2, 0.25) is 0 Å². The first-order valence-electron chi connectivity index (χ1n) is 4.31.